The molecule has 4 heteroatoms. The first-order valence-electron chi connectivity index (χ1n) is 6.95. The highest BCUT2D eigenvalue weighted by molar-refractivity contribution is 5.48. The van der Waals surface area contributed by atoms with Crippen molar-refractivity contribution < 1.29 is 4.52 Å². The molecule has 1 aromatic heterocycles. The molecular weight excluding hydrogens is 250 g/mol. The molecule has 0 amide bonds. The molecule has 0 radical (unpaired) electrons. The average Bonchev–Trinajstić information content (AvgIpc) is 2.83. The second kappa shape index (κ2) is 5.27. The smallest absolute Gasteiger partial charge is 0.248 e. The summed E-state index contributed by atoms with van der Waals surface area (Å²) in [5.74, 6) is 1.36. The van der Waals surface area contributed by atoms with Crippen LogP contribution in [-0.4, -0.2) is 10.1 Å². The Morgan fingerprint density at radius 3 is 2.40 bits per heavy atom. The zero-order valence-electron chi connectivity index (χ0n) is 13.1. The number of aromatic nitrogens is 2. The minimum Gasteiger partial charge on any atom is -0.374 e. The Hall–Kier alpha value is -1.84. The van der Waals surface area contributed by atoms with E-state index in [2.05, 4.69) is 68.3 Å². The molecule has 0 fully saturated rings. The third kappa shape index (κ3) is 3.18. The second-order valence-corrected chi connectivity index (χ2v) is 6.37. The van der Waals surface area contributed by atoms with Gasteiger partial charge >= 0.3 is 0 Å². The van der Waals surface area contributed by atoms with Crippen LogP contribution in [0.3, 0.4) is 0 Å². The van der Waals surface area contributed by atoms with Gasteiger partial charge in [0, 0.05) is 11.1 Å². The first kappa shape index (κ1) is 14.6. The quantitative estimate of drug-likeness (QED) is 0.912. The van der Waals surface area contributed by atoms with Crippen molar-refractivity contribution >= 4 is 5.69 Å². The summed E-state index contributed by atoms with van der Waals surface area (Å²) in [6, 6.07) is 6.30. The molecule has 2 rings (SSSR count). The van der Waals surface area contributed by atoms with Gasteiger partial charge in [0.2, 0.25) is 5.89 Å². The van der Waals surface area contributed by atoms with E-state index < -0.39 is 0 Å². The van der Waals surface area contributed by atoms with Crippen molar-refractivity contribution in [1.29, 1.82) is 0 Å². The molecule has 1 heterocycles. The lowest BCUT2D eigenvalue weighted by Crippen LogP contribution is -2.14. The van der Waals surface area contributed by atoms with E-state index in [1.54, 1.807) is 0 Å². The fourth-order valence-electron chi connectivity index (χ4n) is 1.86. The molecule has 0 aliphatic carbocycles. The van der Waals surface area contributed by atoms with Gasteiger partial charge in [-0.05, 0) is 44.0 Å². The summed E-state index contributed by atoms with van der Waals surface area (Å²) in [6.07, 6.45) is 0. The number of benzene rings is 1. The summed E-state index contributed by atoms with van der Waals surface area (Å²) in [6.45, 7) is 12.5. The fraction of sp³-hybridized carbons (Fsp3) is 0.500. The van der Waals surface area contributed by atoms with E-state index in [9.17, 15) is 0 Å². The van der Waals surface area contributed by atoms with Crippen LogP contribution < -0.4 is 5.32 Å². The minimum absolute atomic E-state index is 0.0132. The second-order valence-electron chi connectivity index (χ2n) is 6.37. The van der Waals surface area contributed by atoms with E-state index in [4.69, 9.17) is 4.52 Å². The van der Waals surface area contributed by atoms with Gasteiger partial charge in [-0.3, -0.25) is 0 Å². The number of aryl methyl sites for hydroxylation is 2. The molecule has 0 bridgehead atoms. The van der Waals surface area contributed by atoms with Crippen molar-refractivity contribution in [2.45, 2.75) is 53.0 Å². The van der Waals surface area contributed by atoms with Gasteiger partial charge in [-0.2, -0.15) is 4.98 Å². The summed E-state index contributed by atoms with van der Waals surface area (Å²) in [5.41, 5.74) is 3.53. The molecule has 0 saturated carbocycles. The molecule has 1 aromatic carbocycles. The van der Waals surface area contributed by atoms with Crippen LogP contribution in [0.4, 0.5) is 5.69 Å². The van der Waals surface area contributed by atoms with Gasteiger partial charge < -0.3 is 9.84 Å². The number of hydrogen-bond donors (Lipinski definition) is 1. The minimum atomic E-state index is -0.0953. The Morgan fingerprint density at radius 1 is 1.15 bits per heavy atom. The summed E-state index contributed by atoms with van der Waals surface area (Å²) in [4.78, 5) is 4.48. The highest BCUT2D eigenvalue weighted by atomic mass is 16.5. The summed E-state index contributed by atoms with van der Waals surface area (Å²) in [5, 5.41) is 7.45. The molecule has 1 unspecified atom stereocenters. The van der Waals surface area contributed by atoms with Crippen molar-refractivity contribution in [3.05, 3.63) is 41.0 Å². The SMILES string of the molecule is Cc1ccc(NC(C)c2nc(C(C)(C)C)no2)cc1C. The molecule has 4 nitrogen and oxygen atoms in total. The number of hydrogen-bond acceptors (Lipinski definition) is 4. The van der Waals surface area contributed by atoms with E-state index in [1.165, 1.54) is 11.1 Å². The monoisotopic (exact) mass is 273 g/mol. The van der Waals surface area contributed by atoms with E-state index >= 15 is 0 Å². The van der Waals surface area contributed by atoms with Crippen molar-refractivity contribution in [3.63, 3.8) is 0 Å². The summed E-state index contributed by atoms with van der Waals surface area (Å²) >= 11 is 0. The number of rotatable bonds is 3. The molecule has 2 aromatic rings. The maximum Gasteiger partial charge on any atom is 0.248 e. The Labute approximate surface area is 120 Å². The average molecular weight is 273 g/mol. The number of anilines is 1. The third-order valence-electron chi connectivity index (χ3n) is 3.37. The van der Waals surface area contributed by atoms with Crippen LogP contribution in [0, 0.1) is 13.8 Å². The van der Waals surface area contributed by atoms with Gasteiger partial charge in [-0.25, -0.2) is 0 Å². The highest BCUT2D eigenvalue weighted by Crippen LogP contribution is 2.23. The van der Waals surface area contributed by atoms with Crippen LogP contribution in [0.5, 0.6) is 0 Å². The standard InChI is InChI=1S/C16H23N3O/c1-10-7-8-13(9-11(10)2)17-12(3)14-18-15(19-20-14)16(4,5)6/h7-9,12,17H,1-6H3. The van der Waals surface area contributed by atoms with Crippen molar-refractivity contribution in [1.82, 2.24) is 10.1 Å². The molecule has 0 aliphatic rings. The zero-order chi connectivity index (χ0) is 14.9. The lowest BCUT2D eigenvalue weighted by atomic mass is 9.96. The maximum absolute atomic E-state index is 5.36. The molecule has 20 heavy (non-hydrogen) atoms. The molecule has 0 aliphatic heterocycles. The molecule has 0 saturated heterocycles. The first-order valence-corrected chi connectivity index (χ1v) is 6.95. The molecule has 0 spiro atoms. The van der Waals surface area contributed by atoms with E-state index in [0.29, 0.717) is 5.89 Å². The van der Waals surface area contributed by atoms with Crippen molar-refractivity contribution in [2.75, 3.05) is 5.32 Å². The Kier molecular flexibility index (Phi) is 3.84. The first-order chi connectivity index (χ1) is 9.27. The Bertz CT molecular complexity index is 596. The lowest BCUT2D eigenvalue weighted by molar-refractivity contribution is 0.354. The van der Waals surface area contributed by atoms with Crippen LogP contribution >= 0.6 is 0 Å². The van der Waals surface area contributed by atoms with E-state index in [0.717, 1.165) is 11.5 Å². The van der Waals surface area contributed by atoms with Crippen LogP contribution in [0.25, 0.3) is 0 Å². The molecule has 108 valence electrons. The fourth-order valence-corrected chi connectivity index (χ4v) is 1.86. The maximum atomic E-state index is 5.36. The Morgan fingerprint density at radius 2 is 1.85 bits per heavy atom. The van der Waals surface area contributed by atoms with Gasteiger partial charge in [0.05, 0.1) is 0 Å². The van der Waals surface area contributed by atoms with Gasteiger partial charge in [0.1, 0.15) is 6.04 Å². The third-order valence-corrected chi connectivity index (χ3v) is 3.37. The van der Waals surface area contributed by atoms with Gasteiger partial charge in [0.25, 0.3) is 0 Å². The van der Waals surface area contributed by atoms with Gasteiger partial charge in [0.15, 0.2) is 5.82 Å². The summed E-state index contributed by atoms with van der Waals surface area (Å²) < 4.78 is 5.36. The molecule has 1 N–H and O–H groups in total. The van der Waals surface area contributed by atoms with Gasteiger partial charge in [-0.1, -0.05) is 32.0 Å². The highest BCUT2D eigenvalue weighted by Gasteiger charge is 2.23. The molecular formula is C16H23N3O. The Balaban J connectivity index is 2.13. The largest absolute Gasteiger partial charge is 0.374 e. The number of nitrogens with one attached hydrogen (secondary N) is 1. The topological polar surface area (TPSA) is 51.0 Å². The predicted octanol–water partition coefficient (Wildman–Crippen LogP) is 4.16. The van der Waals surface area contributed by atoms with Crippen LogP contribution in [0.2, 0.25) is 0 Å². The van der Waals surface area contributed by atoms with Crippen LogP contribution in [-0.2, 0) is 5.41 Å². The lowest BCUT2D eigenvalue weighted by Gasteiger charge is -2.13. The predicted molar refractivity (Wildman–Crippen MR) is 81.0 cm³/mol. The van der Waals surface area contributed by atoms with E-state index in [-0.39, 0.29) is 11.5 Å². The zero-order valence-corrected chi connectivity index (χ0v) is 13.1. The normalized spacial score (nSPS) is 13.3. The summed E-state index contributed by atoms with van der Waals surface area (Å²) in [7, 11) is 0. The van der Waals surface area contributed by atoms with Crippen molar-refractivity contribution in [3.8, 4) is 0 Å². The molecule has 1 atom stereocenters. The van der Waals surface area contributed by atoms with Crippen LogP contribution in [0.15, 0.2) is 22.7 Å². The van der Waals surface area contributed by atoms with Gasteiger partial charge in [-0.15, -0.1) is 0 Å². The number of nitrogens with zero attached hydrogens (tertiary/aromatic N) is 2. The van der Waals surface area contributed by atoms with Crippen LogP contribution in [0.1, 0.15) is 56.6 Å². The van der Waals surface area contributed by atoms with Crippen molar-refractivity contribution in [2.24, 2.45) is 0 Å². The van der Waals surface area contributed by atoms with E-state index in [1.807, 2.05) is 6.92 Å².